The molecular formula is C12H9Cl2N3O. The molecule has 0 aliphatic heterocycles. The van der Waals surface area contributed by atoms with Crippen LogP contribution in [0, 0.1) is 0 Å². The predicted molar refractivity (Wildman–Crippen MR) is 71.2 cm³/mol. The van der Waals surface area contributed by atoms with E-state index in [1.165, 1.54) is 17.0 Å². The quantitative estimate of drug-likeness (QED) is 0.795. The Morgan fingerprint density at radius 1 is 1.22 bits per heavy atom. The third-order valence-electron chi connectivity index (χ3n) is 2.31. The second-order valence-corrected chi connectivity index (χ2v) is 4.31. The van der Waals surface area contributed by atoms with E-state index in [1.807, 2.05) is 0 Å². The summed E-state index contributed by atoms with van der Waals surface area (Å²) < 4.78 is 0. The summed E-state index contributed by atoms with van der Waals surface area (Å²) >= 11 is 11.7. The van der Waals surface area contributed by atoms with E-state index in [9.17, 15) is 4.79 Å². The maximum absolute atomic E-state index is 12.2. The maximum atomic E-state index is 12.2. The van der Waals surface area contributed by atoms with E-state index in [1.54, 1.807) is 31.4 Å². The molecular weight excluding hydrogens is 273 g/mol. The van der Waals surface area contributed by atoms with Crippen LogP contribution in [0.4, 0.5) is 5.82 Å². The van der Waals surface area contributed by atoms with Crippen LogP contribution < -0.4 is 4.90 Å². The molecule has 0 radical (unpaired) electrons. The minimum absolute atomic E-state index is 0.109. The molecule has 2 rings (SSSR count). The highest BCUT2D eigenvalue weighted by Gasteiger charge is 2.19. The first kappa shape index (κ1) is 12.8. The second-order valence-electron chi connectivity index (χ2n) is 3.52. The lowest BCUT2D eigenvalue weighted by atomic mass is 10.3. The number of rotatable bonds is 2. The Labute approximate surface area is 114 Å². The molecule has 2 aromatic rings. The fourth-order valence-corrected chi connectivity index (χ4v) is 1.72. The van der Waals surface area contributed by atoms with Gasteiger partial charge in [-0.05, 0) is 24.3 Å². The number of anilines is 1. The lowest BCUT2D eigenvalue weighted by molar-refractivity contribution is 0.0987. The van der Waals surface area contributed by atoms with Gasteiger partial charge in [0.25, 0.3) is 5.91 Å². The molecule has 0 saturated carbocycles. The summed E-state index contributed by atoms with van der Waals surface area (Å²) in [6.45, 7) is 0. The van der Waals surface area contributed by atoms with Crippen molar-refractivity contribution >= 4 is 34.9 Å². The Bertz CT molecular complexity index is 575. The zero-order valence-electron chi connectivity index (χ0n) is 9.47. The van der Waals surface area contributed by atoms with E-state index in [0.29, 0.717) is 5.82 Å². The van der Waals surface area contributed by atoms with E-state index in [-0.39, 0.29) is 21.8 Å². The zero-order valence-corrected chi connectivity index (χ0v) is 11.0. The minimum atomic E-state index is -0.360. The van der Waals surface area contributed by atoms with E-state index in [4.69, 9.17) is 23.2 Å². The van der Waals surface area contributed by atoms with E-state index < -0.39 is 0 Å². The normalized spacial score (nSPS) is 10.2. The molecule has 92 valence electrons. The first-order valence-electron chi connectivity index (χ1n) is 5.10. The van der Waals surface area contributed by atoms with Gasteiger partial charge in [-0.2, -0.15) is 0 Å². The molecule has 0 N–H and O–H groups in total. The van der Waals surface area contributed by atoms with Gasteiger partial charge in [-0.15, -0.1) is 0 Å². The topological polar surface area (TPSA) is 46.1 Å². The van der Waals surface area contributed by atoms with Crippen molar-refractivity contribution in [1.82, 2.24) is 9.97 Å². The van der Waals surface area contributed by atoms with Crippen molar-refractivity contribution in [2.24, 2.45) is 0 Å². The van der Waals surface area contributed by atoms with Crippen LogP contribution >= 0.6 is 23.2 Å². The van der Waals surface area contributed by atoms with Gasteiger partial charge < -0.3 is 0 Å². The SMILES string of the molecule is CN(C(=O)c1nc(Cl)ccc1Cl)c1ccccn1. The van der Waals surface area contributed by atoms with E-state index >= 15 is 0 Å². The Morgan fingerprint density at radius 2 is 2.00 bits per heavy atom. The summed E-state index contributed by atoms with van der Waals surface area (Å²) in [5, 5.41) is 0.476. The summed E-state index contributed by atoms with van der Waals surface area (Å²) in [5.74, 6) is 0.154. The third-order valence-corrected chi connectivity index (χ3v) is 2.83. The molecule has 0 bridgehead atoms. The highest BCUT2D eigenvalue weighted by molar-refractivity contribution is 6.35. The standard InChI is InChI=1S/C12H9Cl2N3O/c1-17(10-4-2-3-7-15-10)12(18)11-8(13)5-6-9(14)16-11/h2-7H,1H3. The average molecular weight is 282 g/mol. The number of carbonyl (C=O) groups is 1. The van der Waals surface area contributed by atoms with Crippen molar-refractivity contribution in [2.45, 2.75) is 0 Å². The third kappa shape index (κ3) is 2.60. The van der Waals surface area contributed by atoms with Gasteiger partial charge in [-0.3, -0.25) is 9.69 Å². The summed E-state index contributed by atoms with van der Waals surface area (Å²) in [7, 11) is 1.60. The van der Waals surface area contributed by atoms with Crippen LogP contribution in [0.3, 0.4) is 0 Å². The van der Waals surface area contributed by atoms with Crippen LogP contribution in [0.25, 0.3) is 0 Å². The molecule has 6 heteroatoms. The van der Waals surface area contributed by atoms with Gasteiger partial charge in [0, 0.05) is 13.2 Å². The van der Waals surface area contributed by atoms with Crippen LogP contribution in [0.2, 0.25) is 10.2 Å². The molecule has 0 aromatic carbocycles. The summed E-state index contributed by atoms with van der Waals surface area (Å²) in [5.41, 5.74) is 0.109. The molecule has 0 fully saturated rings. The Hall–Kier alpha value is -1.65. The van der Waals surface area contributed by atoms with Gasteiger partial charge in [0.1, 0.15) is 16.7 Å². The van der Waals surface area contributed by atoms with Crippen LogP contribution in [-0.2, 0) is 0 Å². The van der Waals surface area contributed by atoms with Gasteiger partial charge in [0.15, 0.2) is 0 Å². The first-order chi connectivity index (χ1) is 8.59. The molecule has 0 saturated heterocycles. The number of hydrogen-bond acceptors (Lipinski definition) is 3. The molecule has 2 heterocycles. The van der Waals surface area contributed by atoms with Gasteiger partial charge in [0.05, 0.1) is 5.02 Å². The van der Waals surface area contributed by atoms with Crippen molar-refractivity contribution in [3.05, 3.63) is 52.4 Å². The van der Waals surface area contributed by atoms with Crippen molar-refractivity contribution < 1.29 is 4.79 Å². The van der Waals surface area contributed by atoms with Gasteiger partial charge in [-0.1, -0.05) is 29.3 Å². The molecule has 2 aromatic heterocycles. The minimum Gasteiger partial charge on any atom is -0.294 e. The van der Waals surface area contributed by atoms with Gasteiger partial charge in [-0.25, -0.2) is 9.97 Å². The molecule has 0 unspecified atom stereocenters. The zero-order chi connectivity index (χ0) is 13.1. The van der Waals surface area contributed by atoms with E-state index in [2.05, 4.69) is 9.97 Å². The molecule has 4 nitrogen and oxygen atoms in total. The largest absolute Gasteiger partial charge is 0.294 e. The van der Waals surface area contributed by atoms with Crippen LogP contribution in [0.15, 0.2) is 36.5 Å². The summed E-state index contributed by atoms with van der Waals surface area (Å²) in [4.78, 5) is 21.6. The Balaban J connectivity index is 2.34. The number of halogens is 2. The Kier molecular flexibility index (Phi) is 3.79. The first-order valence-corrected chi connectivity index (χ1v) is 5.86. The van der Waals surface area contributed by atoms with Crippen molar-refractivity contribution in [1.29, 1.82) is 0 Å². The van der Waals surface area contributed by atoms with Gasteiger partial charge >= 0.3 is 0 Å². The monoisotopic (exact) mass is 281 g/mol. The number of nitrogens with zero attached hydrogens (tertiary/aromatic N) is 3. The van der Waals surface area contributed by atoms with Gasteiger partial charge in [0.2, 0.25) is 0 Å². The number of pyridine rings is 2. The van der Waals surface area contributed by atoms with Crippen LogP contribution in [0.5, 0.6) is 0 Å². The van der Waals surface area contributed by atoms with Crippen molar-refractivity contribution in [2.75, 3.05) is 11.9 Å². The fraction of sp³-hybridized carbons (Fsp3) is 0.0833. The maximum Gasteiger partial charge on any atom is 0.279 e. The average Bonchev–Trinajstić information content (AvgIpc) is 2.41. The van der Waals surface area contributed by atoms with Crippen LogP contribution in [-0.4, -0.2) is 22.9 Å². The predicted octanol–water partition coefficient (Wildman–Crippen LogP) is 3.06. The number of carbonyl (C=O) groups excluding carboxylic acids is 1. The van der Waals surface area contributed by atoms with Crippen molar-refractivity contribution in [3.8, 4) is 0 Å². The smallest absolute Gasteiger partial charge is 0.279 e. The summed E-state index contributed by atoms with van der Waals surface area (Å²) in [6.07, 6.45) is 1.60. The molecule has 1 amide bonds. The molecule has 0 spiro atoms. The van der Waals surface area contributed by atoms with Crippen LogP contribution in [0.1, 0.15) is 10.5 Å². The lowest BCUT2D eigenvalue weighted by Crippen LogP contribution is -2.28. The second kappa shape index (κ2) is 5.33. The molecule has 18 heavy (non-hydrogen) atoms. The highest BCUT2D eigenvalue weighted by Crippen LogP contribution is 2.20. The number of aromatic nitrogens is 2. The molecule has 0 aliphatic carbocycles. The van der Waals surface area contributed by atoms with E-state index in [0.717, 1.165) is 0 Å². The lowest BCUT2D eigenvalue weighted by Gasteiger charge is -2.16. The van der Waals surface area contributed by atoms with Crippen molar-refractivity contribution in [3.63, 3.8) is 0 Å². The highest BCUT2D eigenvalue weighted by atomic mass is 35.5. The number of amides is 1. The Morgan fingerprint density at radius 3 is 2.67 bits per heavy atom. The summed E-state index contributed by atoms with van der Waals surface area (Å²) in [6, 6.07) is 8.35. The number of hydrogen-bond donors (Lipinski definition) is 0. The molecule has 0 aliphatic rings. The molecule has 0 atom stereocenters. The fourth-order valence-electron chi connectivity index (χ4n) is 1.38.